The molecule has 7 nitrogen and oxygen atoms in total. The second kappa shape index (κ2) is 7.08. The summed E-state index contributed by atoms with van der Waals surface area (Å²) in [5, 5.41) is 7.72. The molecule has 2 heterocycles. The summed E-state index contributed by atoms with van der Waals surface area (Å²) in [5.41, 5.74) is 2.07. The van der Waals surface area contributed by atoms with E-state index in [0.29, 0.717) is 35.6 Å². The maximum atomic E-state index is 12.3. The number of ether oxygens (including phenoxy) is 1. The third-order valence-corrected chi connectivity index (χ3v) is 3.61. The molecule has 3 rings (SSSR count). The zero-order chi connectivity index (χ0) is 16.9. The van der Waals surface area contributed by atoms with Crippen LogP contribution in [0.5, 0.6) is 0 Å². The summed E-state index contributed by atoms with van der Waals surface area (Å²) >= 11 is 0. The Labute approximate surface area is 139 Å². The van der Waals surface area contributed by atoms with Gasteiger partial charge in [-0.1, -0.05) is 35.5 Å². The first-order chi connectivity index (χ1) is 11.7. The van der Waals surface area contributed by atoms with Crippen LogP contribution in [0.1, 0.15) is 18.2 Å². The van der Waals surface area contributed by atoms with E-state index in [1.54, 1.807) is 13.8 Å². The predicted octanol–water partition coefficient (Wildman–Crippen LogP) is 2.51. The first-order valence-electron chi connectivity index (χ1n) is 7.73. The Morgan fingerprint density at radius 2 is 2.08 bits per heavy atom. The summed E-state index contributed by atoms with van der Waals surface area (Å²) in [6.07, 6.45) is 1.86. The van der Waals surface area contributed by atoms with Gasteiger partial charge in [0.1, 0.15) is 23.6 Å². The van der Waals surface area contributed by atoms with E-state index in [1.165, 1.54) is 6.33 Å². The van der Waals surface area contributed by atoms with Gasteiger partial charge in [0.2, 0.25) is 0 Å². The minimum Gasteiger partial charge on any atom is -0.464 e. The summed E-state index contributed by atoms with van der Waals surface area (Å²) in [4.78, 5) is 20.6. The Balaban J connectivity index is 1.90. The zero-order valence-corrected chi connectivity index (χ0v) is 13.5. The molecule has 1 atom stereocenters. The number of hydrogen-bond acceptors (Lipinski definition) is 7. The monoisotopic (exact) mass is 326 g/mol. The van der Waals surface area contributed by atoms with Gasteiger partial charge in [-0.25, -0.2) is 9.78 Å². The van der Waals surface area contributed by atoms with Crippen LogP contribution in [0.4, 0.5) is 5.82 Å². The fraction of sp³-hybridized carbons (Fsp3) is 0.294. The van der Waals surface area contributed by atoms with Crippen molar-refractivity contribution in [2.45, 2.75) is 26.3 Å². The lowest BCUT2D eigenvalue weighted by Crippen LogP contribution is -2.34. The first kappa shape index (κ1) is 15.9. The molecule has 24 heavy (non-hydrogen) atoms. The van der Waals surface area contributed by atoms with Crippen molar-refractivity contribution in [3.63, 3.8) is 0 Å². The maximum Gasteiger partial charge on any atom is 0.328 e. The van der Waals surface area contributed by atoms with E-state index in [2.05, 4.69) is 20.4 Å². The molecule has 0 radical (unpaired) electrons. The van der Waals surface area contributed by atoms with Crippen molar-refractivity contribution in [3.8, 4) is 0 Å². The molecule has 0 bridgehead atoms. The van der Waals surface area contributed by atoms with Crippen LogP contribution < -0.4 is 5.32 Å². The van der Waals surface area contributed by atoms with Gasteiger partial charge >= 0.3 is 5.97 Å². The number of esters is 1. The number of carbonyl (C=O) groups is 1. The van der Waals surface area contributed by atoms with Crippen molar-refractivity contribution in [3.05, 3.63) is 47.9 Å². The van der Waals surface area contributed by atoms with Crippen molar-refractivity contribution >= 4 is 22.9 Å². The third kappa shape index (κ3) is 3.34. The topological polar surface area (TPSA) is 90.1 Å². The van der Waals surface area contributed by atoms with E-state index in [1.807, 2.05) is 30.3 Å². The number of nitrogens with zero attached hydrogens (tertiary/aromatic N) is 3. The standard InChI is InChI=1S/C17H18N4O3/c1-3-23-17(22)13(9-12-7-5-4-6-8-12)20-15-14-11(2)21-24-16(14)19-10-18-15/h4-8,10,13H,3,9H2,1-2H3,(H,18,19,20)/t13-/m1/s1. The molecular formula is C17H18N4O3. The van der Waals surface area contributed by atoms with Gasteiger partial charge in [-0.3, -0.25) is 0 Å². The van der Waals surface area contributed by atoms with Gasteiger partial charge in [-0.15, -0.1) is 0 Å². The maximum absolute atomic E-state index is 12.3. The van der Waals surface area contributed by atoms with E-state index in [4.69, 9.17) is 9.26 Å². The van der Waals surface area contributed by atoms with Gasteiger partial charge in [0.25, 0.3) is 5.71 Å². The highest BCUT2D eigenvalue weighted by atomic mass is 16.5. The Morgan fingerprint density at radius 1 is 1.29 bits per heavy atom. The van der Waals surface area contributed by atoms with Crippen molar-refractivity contribution in [1.29, 1.82) is 0 Å². The second-order valence-corrected chi connectivity index (χ2v) is 5.31. The average Bonchev–Trinajstić information content (AvgIpc) is 2.98. The number of rotatable bonds is 6. The number of aromatic nitrogens is 3. The number of hydrogen-bond donors (Lipinski definition) is 1. The smallest absolute Gasteiger partial charge is 0.328 e. The highest BCUT2D eigenvalue weighted by molar-refractivity contribution is 5.90. The van der Waals surface area contributed by atoms with Crippen LogP contribution in [0.25, 0.3) is 11.1 Å². The number of aryl methyl sites for hydroxylation is 1. The number of fused-ring (bicyclic) bond motifs is 1. The van der Waals surface area contributed by atoms with E-state index in [0.717, 1.165) is 5.56 Å². The van der Waals surface area contributed by atoms with Gasteiger partial charge in [0, 0.05) is 6.42 Å². The van der Waals surface area contributed by atoms with Crippen LogP contribution >= 0.6 is 0 Å². The summed E-state index contributed by atoms with van der Waals surface area (Å²) in [6.45, 7) is 3.90. The molecule has 0 saturated carbocycles. The largest absolute Gasteiger partial charge is 0.464 e. The minimum absolute atomic E-state index is 0.317. The van der Waals surface area contributed by atoms with Gasteiger partial charge in [-0.05, 0) is 19.4 Å². The number of carbonyl (C=O) groups excluding carboxylic acids is 1. The lowest BCUT2D eigenvalue weighted by Gasteiger charge is -2.18. The van der Waals surface area contributed by atoms with Gasteiger partial charge in [0.05, 0.1) is 12.3 Å². The van der Waals surface area contributed by atoms with Crippen molar-refractivity contribution in [2.75, 3.05) is 11.9 Å². The number of anilines is 1. The quantitative estimate of drug-likeness (QED) is 0.696. The fourth-order valence-electron chi connectivity index (χ4n) is 2.48. The van der Waals surface area contributed by atoms with Crippen molar-refractivity contribution in [2.24, 2.45) is 0 Å². The second-order valence-electron chi connectivity index (χ2n) is 5.31. The van der Waals surface area contributed by atoms with Crippen LogP contribution in [0.3, 0.4) is 0 Å². The number of benzene rings is 1. The van der Waals surface area contributed by atoms with Crippen molar-refractivity contribution < 1.29 is 14.1 Å². The molecule has 0 amide bonds. The Hall–Kier alpha value is -2.96. The highest BCUT2D eigenvalue weighted by Gasteiger charge is 2.23. The SMILES string of the molecule is CCOC(=O)[C@@H](Cc1ccccc1)Nc1ncnc2onc(C)c12. The fourth-order valence-corrected chi connectivity index (χ4v) is 2.48. The molecule has 3 aromatic rings. The first-order valence-corrected chi connectivity index (χ1v) is 7.73. The minimum atomic E-state index is -0.570. The van der Waals surface area contributed by atoms with Gasteiger partial charge in [-0.2, -0.15) is 4.98 Å². The molecule has 0 unspecified atom stereocenters. The Kier molecular flexibility index (Phi) is 4.69. The predicted molar refractivity (Wildman–Crippen MR) is 88.5 cm³/mol. The van der Waals surface area contributed by atoms with Crippen molar-refractivity contribution in [1.82, 2.24) is 15.1 Å². The molecule has 124 valence electrons. The lowest BCUT2D eigenvalue weighted by atomic mass is 10.1. The lowest BCUT2D eigenvalue weighted by molar-refractivity contribution is -0.144. The van der Waals surface area contributed by atoms with Crippen LogP contribution in [0.2, 0.25) is 0 Å². The summed E-state index contributed by atoms with van der Waals surface area (Å²) < 4.78 is 10.3. The molecule has 0 aliphatic carbocycles. The van der Waals surface area contributed by atoms with Crippen LogP contribution in [-0.2, 0) is 16.0 Å². The molecule has 0 aliphatic rings. The Bertz CT molecular complexity index is 832. The van der Waals surface area contributed by atoms with Crippen LogP contribution in [0, 0.1) is 6.92 Å². The molecule has 0 fully saturated rings. The third-order valence-electron chi connectivity index (χ3n) is 3.61. The Morgan fingerprint density at radius 3 is 2.83 bits per heavy atom. The summed E-state index contributed by atoms with van der Waals surface area (Å²) in [7, 11) is 0. The molecule has 0 spiro atoms. The number of nitrogens with one attached hydrogen (secondary N) is 1. The molecule has 7 heteroatoms. The zero-order valence-electron chi connectivity index (χ0n) is 13.5. The molecule has 2 aromatic heterocycles. The van der Waals surface area contributed by atoms with Gasteiger partial charge < -0.3 is 14.6 Å². The molecule has 0 saturated heterocycles. The van der Waals surface area contributed by atoms with E-state index in [-0.39, 0.29) is 5.97 Å². The highest BCUT2D eigenvalue weighted by Crippen LogP contribution is 2.23. The van der Waals surface area contributed by atoms with Crippen LogP contribution in [-0.4, -0.2) is 33.7 Å². The van der Waals surface area contributed by atoms with Crippen LogP contribution in [0.15, 0.2) is 41.2 Å². The van der Waals surface area contributed by atoms with E-state index < -0.39 is 6.04 Å². The normalized spacial score (nSPS) is 12.1. The summed E-state index contributed by atoms with van der Waals surface area (Å²) in [6, 6.07) is 9.17. The van der Waals surface area contributed by atoms with E-state index in [9.17, 15) is 4.79 Å². The van der Waals surface area contributed by atoms with E-state index >= 15 is 0 Å². The molecular weight excluding hydrogens is 308 g/mol. The average molecular weight is 326 g/mol. The molecule has 1 aromatic carbocycles. The molecule has 1 N–H and O–H groups in total. The molecule has 0 aliphatic heterocycles. The van der Waals surface area contributed by atoms with Gasteiger partial charge in [0.15, 0.2) is 0 Å². The summed E-state index contributed by atoms with van der Waals surface area (Å²) in [5.74, 6) is 0.176.